The molecule has 1 aromatic heterocycles. The first-order valence-corrected chi connectivity index (χ1v) is 10.8. The van der Waals surface area contributed by atoms with Gasteiger partial charge in [0.15, 0.2) is 0 Å². The van der Waals surface area contributed by atoms with Gasteiger partial charge in [0.05, 0.1) is 15.0 Å². The van der Waals surface area contributed by atoms with Crippen LogP contribution in [0.15, 0.2) is 39.7 Å². The molecule has 2 fully saturated rings. The number of amides is 1. The Bertz CT molecular complexity index is 932. The van der Waals surface area contributed by atoms with Crippen molar-refractivity contribution >= 4 is 63.5 Å². The molecule has 1 amide bonds. The van der Waals surface area contributed by atoms with Crippen LogP contribution in [0.4, 0.5) is 0 Å². The van der Waals surface area contributed by atoms with E-state index in [9.17, 15) is 4.79 Å². The maximum Gasteiger partial charge on any atom is 0.266 e. The molecule has 0 spiro atoms. The van der Waals surface area contributed by atoms with E-state index >= 15 is 0 Å². The van der Waals surface area contributed by atoms with Gasteiger partial charge in [-0.2, -0.15) is 0 Å². The number of halogens is 2. The SMILES string of the molecule is O=C1/C(=C\c2ccc(-c3ccc(Cl)c(Cl)c3)o2)SC(=S)N1C1CCCCC1. The van der Waals surface area contributed by atoms with Crippen LogP contribution in [0.5, 0.6) is 0 Å². The average molecular weight is 438 g/mol. The van der Waals surface area contributed by atoms with Gasteiger partial charge in [0, 0.05) is 17.7 Å². The van der Waals surface area contributed by atoms with Gasteiger partial charge < -0.3 is 4.42 Å². The normalized spacial score (nSPS) is 20.1. The fourth-order valence-electron chi connectivity index (χ4n) is 3.50. The van der Waals surface area contributed by atoms with Crippen molar-refractivity contribution in [2.45, 2.75) is 38.1 Å². The number of carbonyl (C=O) groups is 1. The molecule has 27 heavy (non-hydrogen) atoms. The number of rotatable bonds is 3. The van der Waals surface area contributed by atoms with Gasteiger partial charge in [0.1, 0.15) is 15.8 Å². The van der Waals surface area contributed by atoms with Crippen molar-refractivity contribution in [3.63, 3.8) is 0 Å². The molecule has 1 aliphatic heterocycles. The Kier molecular flexibility index (Phi) is 5.65. The number of benzene rings is 1. The van der Waals surface area contributed by atoms with Gasteiger partial charge in [-0.3, -0.25) is 9.69 Å². The fraction of sp³-hybridized carbons (Fsp3) is 0.300. The van der Waals surface area contributed by atoms with E-state index in [2.05, 4.69) is 0 Å². The summed E-state index contributed by atoms with van der Waals surface area (Å²) in [5.74, 6) is 1.27. The summed E-state index contributed by atoms with van der Waals surface area (Å²) < 4.78 is 6.53. The van der Waals surface area contributed by atoms with Crippen LogP contribution in [0.2, 0.25) is 10.0 Å². The minimum atomic E-state index is -0.00983. The van der Waals surface area contributed by atoms with E-state index < -0.39 is 0 Å². The minimum Gasteiger partial charge on any atom is -0.457 e. The molecule has 0 bridgehead atoms. The minimum absolute atomic E-state index is 0.00983. The molecular weight excluding hydrogens is 421 g/mol. The number of thioether (sulfide) groups is 1. The second kappa shape index (κ2) is 8.00. The van der Waals surface area contributed by atoms with Gasteiger partial charge in [-0.25, -0.2) is 0 Å². The second-order valence-electron chi connectivity index (χ2n) is 6.67. The zero-order valence-electron chi connectivity index (χ0n) is 14.4. The number of nitrogens with zero attached hydrogens (tertiary/aromatic N) is 1. The van der Waals surface area contributed by atoms with Crippen molar-refractivity contribution in [2.75, 3.05) is 0 Å². The van der Waals surface area contributed by atoms with Crippen LogP contribution >= 0.6 is 47.2 Å². The van der Waals surface area contributed by atoms with E-state index in [0.717, 1.165) is 31.2 Å². The third-order valence-corrected chi connectivity index (χ3v) is 6.94. The molecular formula is C20H17Cl2NO2S2. The molecule has 1 aliphatic carbocycles. The lowest BCUT2D eigenvalue weighted by atomic mass is 9.94. The number of hydrogen-bond acceptors (Lipinski definition) is 4. The maximum atomic E-state index is 12.9. The van der Waals surface area contributed by atoms with E-state index in [1.54, 1.807) is 23.1 Å². The van der Waals surface area contributed by atoms with Gasteiger partial charge in [-0.15, -0.1) is 0 Å². The first-order chi connectivity index (χ1) is 13.0. The Balaban J connectivity index is 1.55. The molecule has 7 heteroatoms. The number of carbonyl (C=O) groups excluding carboxylic acids is 1. The summed E-state index contributed by atoms with van der Waals surface area (Å²) in [5, 5.41) is 0.971. The van der Waals surface area contributed by atoms with Crippen molar-refractivity contribution < 1.29 is 9.21 Å². The quantitative estimate of drug-likeness (QED) is 0.390. The molecule has 1 aromatic carbocycles. The molecule has 2 heterocycles. The fourth-order valence-corrected chi connectivity index (χ4v) is 5.18. The summed E-state index contributed by atoms with van der Waals surface area (Å²) >= 11 is 18.9. The highest BCUT2D eigenvalue weighted by Gasteiger charge is 2.37. The third kappa shape index (κ3) is 3.97. The van der Waals surface area contributed by atoms with Crippen molar-refractivity contribution in [2.24, 2.45) is 0 Å². The molecule has 0 N–H and O–H groups in total. The van der Waals surface area contributed by atoms with Crippen LogP contribution in [0.1, 0.15) is 37.9 Å². The predicted molar refractivity (Wildman–Crippen MR) is 116 cm³/mol. The number of thiocarbonyl (C=S) groups is 1. The lowest BCUT2D eigenvalue weighted by Crippen LogP contribution is -2.39. The standard InChI is InChI=1S/C20H17Cl2NO2S2/c21-15-8-6-12(10-16(15)22)17-9-7-14(25-17)11-18-19(24)23(20(26)27-18)13-4-2-1-3-5-13/h6-11,13H,1-5H2/b18-11+. The Morgan fingerprint density at radius 1 is 1.11 bits per heavy atom. The molecule has 140 valence electrons. The summed E-state index contributed by atoms with van der Waals surface area (Å²) in [4.78, 5) is 15.3. The molecule has 2 aromatic rings. The van der Waals surface area contributed by atoms with Crippen LogP contribution in [-0.4, -0.2) is 21.2 Å². The molecule has 2 aliphatic rings. The summed E-state index contributed by atoms with van der Waals surface area (Å²) in [6.07, 6.45) is 7.38. The Morgan fingerprint density at radius 3 is 2.63 bits per heavy atom. The average Bonchev–Trinajstić information content (AvgIpc) is 3.23. The third-order valence-electron chi connectivity index (χ3n) is 4.87. The van der Waals surface area contributed by atoms with Crippen molar-refractivity contribution in [1.82, 2.24) is 4.90 Å². The molecule has 0 atom stereocenters. The van der Waals surface area contributed by atoms with Crippen LogP contribution < -0.4 is 0 Å². The Hall–Kier alpha value is -1.27. The Labute approximate surface area is 177 Å². The maximum absolute atomic E-state index is 12.9. The summed E-state index contributed by atoms with van der Waals surface area (Å²) in [6, 6.07) is 9.27. The molecule has 0 unspecified atom stereocenters. The van der Waals surface area contributed by atoms with Crippen molar-refractivity contribution in [3.8, 4) is 11.3 Å². The lowest BCUT2D eigenvalue weighted by molar-refractivity contribution is -0.124. The van der Waals surface area contributed by atoms with Gasteiger partial charge in [0.25, 0.3) is 5.91 Å². The summed E-state index contributed by atoms with van der Waals surface area (Å²) in [5.41, 5.74) is 0.832. The van der Waals surface area contributed by atoms with Gasteiger partial charge >= 0.3 is 0 Å². The highest BCUT2D eigenvalue weighted by molar-refractivity contribution is 8.26. The van der Waals surface area contributed by atoms with Crippen molar-refractivity contribution in [1.29, 1.82) is 0 Å². The van der Waals surface area contributed by atoms with E-state index in [1.165, 1.54) is 18.2 Å². The van der Waals surface area contributed by atoms with Gasteiger partial charge in [-0.05, 0) is 43.2 Å². The lowest BCUT2D eigenvalue weighted by Gasteiger charge is -2.29. The van der Waals surface area contributed by atoms with Crippen LogP contribution in [-0.2, 0) is 4.79 Å². The molecule has 4 rings (SSSR count). The molecule has 0 radical (unpaired) electrons. The highest BCUT2D eigenvalue weighted by atomic mass is 35.5. The Morgan fingerprint density at radius 2 is 1.89 bits per heavy atom. The number of furan rings is 1. The molecule has 1 saturated heterocycles. The van der Waals surface area contributed by atoms with Crippen LogP contribution in [0.3, 0.4) is 0 Å². The van der Waals surface area contributed by atoms with E-state index in [4.69, 9.17) is 39.8 Å². The van der Waals surface area contributed by atoms with Gasteiger partial charge in [-0.1, -0.05) is 66.4 Å². The zero-order valence-corrected chi connectivity index (χ0v) is 17.6. The first-order valence-electron chi connectivity index (χ1n) is 8.85. The summed E-state index contributed by atoms with van der Waals surface area (Å²) in [6.45, 7) is 0. The van der Waals surface area contributed by atoms with E-state index in [0.29, 0.717) is 30.8 Å². The predicted octanol–water partition coefficient (Wildman–Crippen LogP) is 6.79. The topological polar surface area (TPSA) is 33.5 Å². The van der Waals surface area contributed by atoms with E-state index in [1.807, 2.05) is 18.2 Å². The van der Waals surface area contributed by atoms with Gasteiger partial charge in [0.2, 0.25) is 0 Å². The number of hydrogen-bond donors (Lipinski definition) is 0. The van der Waals surface area contributed by atoms with Crippen molar-refractivity contribution in [3.05, 3.63) is 51.0 Å². The molecule has 1 saturated carbocycles. The van der Waals surface area contributed by atoms with Crippen LogP contribution in [0.25, 0.3) is 17.4 Å². The monoisotopic (exact) mass is 437 g/mol. The second-order valence-corrected chi connectivity index (χ2v) is 9.16. The smallest absolute Gasteiger partial charge is 0.266 e. The van der Waals surface area contributed by atoms with Crippen LogP contribution in [0, 0.1) is 0 Å². The summed E-state index contributed by atoms with van der Waals surface area (Å²) in [7, 11) is 0. The highest BCUT2D eigenvalue weighted by Crippen LogP contribution is 2.38. The van der Waals surface area contributed by atoms with E-state index in [-0.39, 0.29) is 11.9 Å². The first kappa shape index (κ1) is 19.1. The largest absolute Gasteiger partial charge is 0.457 e. The zero-order chi connectivity index (χ0) is 19.0. The molecule has 3 nitrogen and oxygen atoms in total.